The van der Waals surface area contributed by atoms with Crippen LogP contribution in [0, 0.1) is 5.82 Å². The van der Waals surface area contributed by atoms with Crippen LogP contribution in [0.4, 0.5) is 4.39 Å². The van der Waals surface area contributed by atoms with E-state index in [1.165, 1.54) is 18.2 Å². The van der Waals surface area contributed by atoms with Crippen LogP contribution in [0.1, 0.15) is 26.3 Å². The number of benzene rings is 1. The van der Waals surface area contributed by atoms with Crippen LogP contribution < -0.4 is 4.74 Å². The highest BCUT2D eigenvalue weighted by molar-refractivity contribution is 6.00. The average molecular weight is 241 g/mol. The lowest BCUT2D eigenvalue weighted by Gasteiger charge is -2.19. The second-order valence-corrected chi connectivity index (χ2v) is 3.89. The van der Waals surface area contributed by atoms with Crippen molar-refractivity contribution in [2.24, 2.45) is 5.16 Å². The van der Waals surface area contributed by atoms with E-state index in [-0.39, 0.29) is 5.75 Å². The number of aliphatic hydroxyl groups excluding tert-OH is 1. The fourth-order valence-corrected chi connectivity index (χ4v) is 1.25. The van der Waals surface area contributed by atoms with E-state index in [9.17, 15) is 9.50 Å². The number of hydrogen-bond acceptors (Lipinski definition) is 4. The van der Waals surface area contributed by atoms with Crippen LogP contribution >= 0.6 is 0 Å². The smallest absolute Gasteiger partial charge is 0.131 e. The molecule has 0 bridgehead atoms. The highest BCUT2D eigenvalue weighted by atomic mass is 19.1. The van der Waals surface area contributed by atoms with Gasteiger partial charge in [-0.25, -0.2) is 4.39 Å². The first-order valence-corrected chi connectivity index (χ1v) is 5.29. The third-order valence-corrected chi connectivity index (χ3v) is 2.48. The number of aliphatic hydroxyl groups is 1. The van der Waals surface area contributed by atoms with Crippen molar-refractivity contribution < 1.29 is 19.4 Å². The summed E-state index contributed by atoms with van der Waals surface area (Å²) in [6.45, 7) is 4.83. The molecule has 0 fully saturated rings. The van der Waals surface area contributed by atoms with E-state index < -0.39 is 18.0 Å². The summed E-state index contributed by atoms with van der Waals surface area (Å²) in [5, 5.41) is 21.1. The first-order chi connectivity index (χ1) is 7.95. The molecule has 2 unspecified atom stereocenters. The summed E-state index contributed by atoms with van der Waals surface area (Å²) in [6, 6.07) is 3.92. The Balaban J connectivity index is 3.07. The molecule has 1 rings (SSSR count). The van der Waals surface area contributed by atoms with Crippen molar-refractivity contribution in [2.45, 2.75) is 33.0 Å². The maximum Gasteiger partial charge on any atom is 0.131 e. The van der Waals surface area contributed by atoms with Gasteiger partial charge in [-0.3, -0.25) is 0 Å². The summed E-state index contributed by atoms with van der Waals surface area (Å²) >= 11 is 0. The zero-order chi connectivity index (χ0) is 13.0. The number of rotatable bonds is 4. The van der Waals surface area contributed by atoms with Gasteiger partial charge in [0.15, 0.2) is 0 Å². The third-order valence-electron chi connectivity index (χ3n) is 2.48. The largest absolute Gasteiger partial charge is 0.487 e. The van der Waals surface area contributed by atoms with Gasteiger partial charge in [0, 0.05) is 11.6 Å². The Hall–Kier alpha value is -1.62. The third kappa shape index (κ3) is 3.42. The second-order valence-electron chi connectivity index (χ2n) is 3.89. The van der Waals surface area contributed by atoms with Gasteiger partial charge in [-0.15, -0.1) is 0 Å². The molecule has 0 spiro atoms. The van der Waals surface area contributed by atoms with E-state index in [2.05, 4.69) is 5.16 Å². The molecule has 0 saturated heterocycles. The van der Waals surface area contributed by atoms with Gasteiger partial charge in [-0.1, -0.05) is 5.16 Å². The minimum absolute atomic E-state index is 0.244. The maximum atomic E-state index is 13.1. The zero-order valence-corrected chi connectivity index (χ0v) is 10.0. The van der Waals surface area contributed by atoms with Gasteiger partial charge >= 0.3 is 0 Å². The Bertz CT molecular complexity index is 418. The number of nitrogens with zero attached hydrogens (tertiary/aromatic N) is 1. The molecule has 1 aromatic carbocycles. The van der Waals surface area contributed by atoms with Gasteiger partial charge in [0.05, 0.1) is 11.8 Å². The summed E-state index contributed by atoms with van der Waals surface area (Å²) in [5.74, 6) is -0.207. The molecule has 0 aliphatic rings. The van der Waals surface area contributed by atoms with Crippen LogP contribution in [0.5, 0.6) is 5.75 Å². The molecular weight excluding hydrogens is 225 g/mol. The quantitative estimate of drug-likeness (QED) is 0.482. The van der Waals surface area contributed by atoms with Crippen LogP contribution in [0.15, 0.2) is 23.4 Å². The molecule has 0 saturated carbocycles. The summed E-state index contributed by atoms with van der Waals surface area (Å²) < 4.78 is 18.5. The Morgan fingerprint density at radius 1 is 1.41 bits per heavy atom. The van der Waals surface area contributed by atoms with Crippen molar-refractivity contribution in [2.75, 3.05) is 0 Å². The fraction of sp³-hybridized carbons (Fsp3) is 0.417. The predicted octanol–water partition coefficient (Wildman–Crippen LogP) is 2.17. The Morgan fingerprint density at radius 3 is 2.59 bits per heavy atom. The Kier molecular flexibility index (Phi) is 4.45. The highest BCUT2D eigenvalue weighted by Gasteiger charge is 2.15. The van der Waals surface area contributed by atoms with Crippen molar-refractivity contribution >= 4 is 5.71 Å². The molecule has 17 heavy (non-hydrogen) atoms. The molecule has 5 heteroatoms. The molecule has 0 aliphatic heterocycles. The molecule has 0 amide bonds. The minimum atomic E-state index is -0.683. The van der Waals surface area contributed by atoms with Gasteiger partial charge in [0.1, 0.15) is 17.7 Å². The number of oxime groups is 1. The van der Waals surface area contributed by atoms with Gasteiger partial charge in [-0.2, -0.15) is 0 Å². The first kappa shape index (κ1) is 13.4. The summed E-state index contributed by atoms with van der Waals surface area (Å²) in [4.78, 5) is 0. The topological polar surface area (TPSA) is 62.1 Å². The maximum absolute atomic E-state index is 13.1. The normalized spacial score (nSPS) is 15.5. The van der Waals surface area contributed by atoms with E-state index >= 15 is 0 Å². The summed E-state index contributed by atoms with van der Waals surface area (Å²) in [5.41, 5.74) is 0.805. The molecular formula is C12H16FNO3. The monoisotopic (exact) mass is 241 g/mol. The van der Waals surface area contributed by atoms with Crippen LogP contribution in [0.3, 0.4) is 0 Å². The fourth-order valence-electron chi connectivity index (χ4n) is 1.25. The molecule has 94 valence electrons. The van der Waals surface area contributed by atoms with Crippen molar-refractivity contribution in [3.63, 3.8) is 0 Å². The lowest BCUT2D eigenvalue weighted by Crippen LogP contribution is -2.26. The van der Waals surface area contributed by atoms with Crippen molar-refractivity contribution in [1.29, 1.82) is 0 Å². The number of hydrogen-bond donors (Lipinski definition) is 2. The van der Waals surface area contributed by atoms with Crippen molar-refractivity contribution in [3.05, 3.63) is 29.6 Å². The molecule has 0 radical (unpaired) electrons. The van der Waals surface area contributed by atoms with E-state index in [0.29, 0.717) is 11.3 Å². The first-order valence-electron chi connectivity index (χ1n) is 5.29. The van der Waals surface area contributed by atoms with E-state index in [1.54, 1.807) is 20.8 Å². The molecule has 2 atom stereocenters. The number of halogens is 1. The van der Waals surface area contributed by atoms with Crippen LogP contribution in [0.25, 0.3) is 0 Å². The molecule has 0 heterocycles. The van der Waals surface area contributed by atoms with Crippen LogP contribution in [-0.2, 0) is 0 Å². The standard InChI is InChI=1S/C12H16FNO3/c1-7(14-16)11-5-4-10(13)6-12(11)17-9(3)8(2)15/h4-6,8-9,15-16H,1-3H3. The predicted molar refractivity (Wildman–Crippen MR) is 62.2 cm³/mol. The van der Waals surface area contributed by atoms with Gasteiger partial charge in [-0.05, 0) is 32.9 Å². The van der Waals surface area contributed by atoms with Crippen LogP contribution in [-0.4, -0.2) is 28.2 Å². The average Bonchev–Trinajstić information content (AvgIpc) is 2.28. The Labute approximate surface area is 99.3 Å². The second kappa shape index (κ2) is 5.63. The van der Waals surface area contributed by atoms with Crippen molar-refractivity contribution in [3.8, 4) is 5.75 Å². The molecule has 4 nitrogen and oxygen atoms in total. The Morgan fingerprint density at radius 2 is 2.06 bits per heavy atom. The lowest BCUT2D eigenvalue weighted by atomic mass is 10.1. The lowest BCUT2D eigenvalue weighted by molar-refractivity contribution is 0.0601. The highest BCUT2D eigenvalue weighted by Crippen LogP contribution is 2.22. The van der Waals surface area contributed by atoms with Crippen molar-refractivity contribution in [1.82, 2.24) is 0 Å². The van der Waals surface area contributed by atoms with Gasteiger partial charge in [0.25, 0.3) is 0 Å². The van der Waals surface area contributed by atoms with E-state index in [4.69, 9.17) is 9.94 Å². The number of ether oxygens (including phenoxy) is 1. The summed E-state index contributed by atoms with van der Waals surface area (Å²) in [6.07, 6.45) is -1.17. The van der Waals surface area contributed by atoms with Crippen LogP contribution in [0.2, 0.25) is 0 Å². The molecule has 1 aromatic rings. The SMILES string of the molecule is CC(=NO)c1ccc(F)cc1OC(C)C(C)O. The molecule has 0 aromatic heterocycles. The molecule has 0 aliphatic carbocycles. The van der Waals surface area contributed by atoms with E-state index in [1.807, 2.05) is 0 Å². The zero-order valence-electron chi connectivity index (χ0n) is 10.0. The summed E-state index contributed by atoms with van der Waals surface area (Å²) in [7, 11) is 0. The van der Waals surface area contributed by atoms with Gasteiger partial charge in [0.2, 0.25) is 0 Å². The van der Waals surface area contributed by atoms with Gasteiger partial charge < -0.3 is 15.1 Å². The molecule has 2 N–H and O–H groups in total. The minimum Gasteiger partial charge on any atom is -0.487 e. The van der Waals surface area contributed by atoms with E-state index in [0.717, 1.165) is 0 Å².